The molecule has 192 valence electrons. The zero-order valence-electron chi connectivity index (χ0n) is 21.2. The van der Waals surface area contributed by atoms with Gasteiger partial charge >= 0.3 is 0 Å². The number of benzene rings is 4. The van der Waals surface area contributed by atoms with Gasteiger partial charge in [0.1, 0.15) is 0 Å². The Bertz CT molecular complexity index is 1750. The molecule has 4 aromatic carbocycles. The summed E-state index contributed by atoms with van der Waals surface area (Å²) in [4.78, 5) is 18.4. The predicted molar refractivity (Wildman–Crippen MR) is 160 cm³/mol. The molecule has 0 aliphatic heterocycles. The molecule has 0 spiro atoms. The SMILES string of the molecule is Cc1cccc(-n2c(SCC(=O)Nc3ncc(Cc4cccc5ccccc45)s3)nnc2-c2ccccc2)c1. The molecule has 0 saturated heterocycles. The third-order valence-corrected chi connectivity index (χ3v) is 8.14. The molecule has 0 bridgehead atoms. The van der Waals surface area contributed by atoms with E-state index in [2.05, 4.69) is 82.0 Å². The molecule has 39 heavy (non-hydrogen) atoms. The summed E-state index contributed by atoms with van der Waals surface area (Å²) in [6.45, 7) is 2.05. The Kier molecular flexibility index (Phi) is 7.21. The molecule has 0 saturated carbocycles. The maximum atomic E-state index is 12.9. The van der Waals surface area contributed by atoms with Gasteiger partial charge in [-0.1, -0.05) is 96.7 Å². The van der Waals surface area contributed by atoms with Gasteiger partial charge in [-0.3, -0.25) is 9.36 Å². The van der Waals surface area contributed by atoms with Gasteiger partial charge in [0.15, 0.2) is 16.1 Å². The second-order valence-electron chi connectivity index (χ2n) is 9.13. The topological polar surface area (TPSA) is 72.7 Å². The first-order valence-electron chi connectivity index (χ1n) is 12.6. The lowest BCUT2D eigenvalue weighted by Crippen LogP contribution is -2.14. The van der Waals surface area contributed by atoms with Crippen LogP contribution in [-0.4, -0.2) is 31.4 Å². The Hall–Kier alpha value is -4.27. The summed E-state index contributed by atoms with van der Waals surface area (Å²) in [6.07, 6.45) is 2.61. The lowest BCUT2D eigenvalue weighted by molar-refractivity contribution is -0.113. The molecule has 1 amide bonds. The molecule has 6 nitrogen and oxygen atoms in total. The number of rotatable bonds is 8. The van der Waals surface area contributed by atoms with Gasteiger partial charge in [-0.2, -0.15) is 0 Å². The first-order chi connectivity index (χ1) is 19.1. The van der Waals surface area contributed by atoms with Crippen molar-refractivity contribution in [2.75, 3.05) is 11.1 Å². The monoisotopic (exact) mass is 547 g/mol. The van der Waals surface area contributed by atoms with E-state index in [1.54, 1.807) is 0 Å². The number of nitrogens with zero attached hydrogens (tertiary/aromatic N) is 4. The number of thioether (sulfide) groups is 1. The van der Waals surface area contributed by atoms with E-state index in [0.717, 1.165) is 33.9 Å². The molecule has 0 fully saturated rings. The lowest BCUT2D eigenvalue weighted by atomic mass is 10.0. The fraction of sp³-hybridized carbons (Fsp3) is 0.0968. The van der Waals surface area contributed by atoms with Crippen LogP contribution in [0, 0.1) is 6.92 Å². The lowest BCUT2D eigenvalue weighted by Gasteiger charge is -2.11. The second-order valence-corrected chi connectivity index (χ2v) is 11.2. The smallest absolute Gasteiger partial charge is 0.236 e. The summed E-state index contributed by atoms with van der Waals surface area (Å²) in [6, 6.07) is 32.9. The van der Waals surface area contributed by atoms with Gasteiger partial charge in [-0.15, -0.1) is 21.5 Å². The van der Waals surface area contributed by atoms with E-state index >= 15 is 0 Å². The Balaban J connectivity index is 1.16. The highest BCUT2D eigenvalue weighted by atomic mass is 32.2. The van der Waals surface area contributed by atoms with Crippen molar-refractivity contribution in [1.29, 1.82) is 0 Å². The van der Waals surface area contributed by atoms with Crippen LogP contribution >= 0.6 is 23.1 Å². The normalized spacial score (nSPS) is 11.1. The Morgan fingerprint density at radius 2 is 1.72 bits per heavy atom. The fourth-order valence-electron chi connectivity index (χ4n) is 4.50. The van der Waals surface area contributed by atoms with E-state index in [1.165, 1.54) is 39.4 Å². The number of carbonyl (C=O) groups excluding carboxylic acids is 1. The van der Waals surface area contributed by atoms with Crippen molar-refractivity contribution >= 4 is 44.9 Å². The minimum Gasteiger partial charge on any atom is -0.301 e. The number of nitrogens with one attached hydrogen (secondary N) is 1. The van der Waals surface area contributed by atoms with Gasteiger partial charge in [0.05, 0.1) is 5.75 Å². The number of thiazole rings is 1. The number of aromatic nitrogens is 4. The molecular formula is C31H25N5OS2. The molecule has 6 rings (SSSR count). The van der Waals surface area contributed by atoms with Gasteiger partial charge < -0.3 is 5.32 Å². The van der Waals surface area contributed by atoms with Crippen molar-refractivity contribution in [1.82, 2.24) is 19.7 Å². The number of fused-ring (bicyclic) bond motifs is 1. The highest BCUT2D eigenvalue weighted by Crippen LogP contribution is 2.29. The minimum absolute atomic E-state index is 0.133. The summed E-state index contributed by atoms with van der Waals surface area (Å²) in [5.41, 5.74) is 4.30. The second kappa shape index (κ2) is 11.2. The predicted octanol–water partition coefficient (Wildman–Crippen LogP) is 7.17. The highest BCUT2D eigenvalue weighted by Gasteiger charge is 2.18. The number of amides is 1. The van der Waals surface area contributed by atoms with Crippen molar-refractivity contribution in [3.8, 4) is 17.1 Å². The number of hydrogen-bond donors (Lipinski definition) is 1. The van der Waals surface area contributed by atoms with Crippen LogP contribution in [0.2, 0.25) is 0 Å². The van der Waals surface area contributed by atoms with Gasteiger partial charge in [-0.25, -0.2) is 4.98 Å². The number of aryl methyl sites for hydroxylation is 1. The molecule has 0 atom stereocenters. The van der Waals surface area contributed by atoms with Crippen LogP contribution in [0.5, 0.6) is 0 Å². The van der Waals surface area contributed by atoms with E-state index in [9.17, 15) is 4.79 Å². The van der Waals surface area contributed by atoms with Gasteiger partial charge in [0.25, 0.3) is 0 Å². The molecule has 0 radical (unpaired) electrons. The number of hydrogen-bond acceptors (Lipinski definition) is 6. The van der Waals surface area contributed by atoms with E-state index in [0.29, 0.717) is 10.3 Å². The van der Waals surface area contributed by atoms with Crippen LogP contribution < -0.4 is 5.32 Å². The van der Waals surface area contributed by atoms with Crippen LogP contribution in [0.3, 0.4) is 0 Å². The van der Waals surface area contributed by atoms with Crippen LogP contribution in [0.1, 0.15) is 16.0 Å². The van der Waals surface area contributed by atoms with Crippen molar-refractivity contribution in [2.24, 2.45) is 0 Å². The third kappa shape index (κ3) is 5.62. The van der Waals surface area contributed by atoms with Crippen LogP contribution in [-0.2, 0) is 11.2 Å². The van der Waals surface area contributed by atoms with E-state index in [1.807, 2.05) is 53.2 Å². The maximum Gasteiger partial charge on any atom is 0.236 e. The fourth-order valence-corrected chi connectivity index (χ4v) is 6.11. The number of anilines is 1. The Morgan fingerprint density at radius 3 is 2.59 bits per heavy atom. The van der Waals surface area contributed by atoms with Crippen molar-refractivity contribution in [2.45, 2.75) is 18.5 Å². The van der Waals surface area contributed by atoms with Crippen molar-refractivity contribution < 1.29 is 4.79 Å². The molecule has 2 aromatic heterocycles. The van der Waals surface area contributed by atoms with E-state index < -0.39 is 0 Å². The average molecular weight is 548 g/mol. The summed E-state index contributed by atoms with van der Waals surface area (Å²) < 4.78 is 2.01. The molecule has 6 aromatic rings. The quantitative estimate of drug-likeness (QED) is 0.205. The average Bonchev–Trinajstić information content (AvgIpc) is 3.59. The molecule has 2 heterocycles. The standard InChI is InChI=1S/C31H25N5OS2/c1-21-9-7-15-25(17-21)36-29(23-11-3-2-4-12-23)34-35-31(36)38-20-28(37)33-30-32-19-26(39-30)18-24-14-8-13-22-10-5-6-16-27(22)24/h2-17,19H,18,20H2,1H3,(H,32,33,37). The molecule has 0 unspecified atom stereocenters. The van der Waals surface area contributed by atoms with Crippen LogP contribution in [0.15, 0.2) is 108 Å². The van der Waals surface area contributed by atoms with Gasteiger partial charge in [0.2, 0.25) is 5.91 Å². The third-order valence-electron chi connectivity index (χ3n) is 6.30. The van der Waals surface area contributed by atoms with E-state index in [-0.39, 0.29) is 11.7 Å². The molecular weight excluding hydrogens is 523 g/mol. The largest absolute Gasteiger partial charge is 0.301 e. The zero-order valence-corrected chi connectivity index (χ0v) is 22.9. The van der Waals surface area contributed by atoms with Gasteiger partial charge in [-0.05, 0) is 41.0 Å². The summed E-state index contributed by atoms with van der Waals surface area (Å²) in [5.74, 6) is 0.796. The molecule has 1 N–H and O–H groups in total. The first-order valence-corrected chi connectivity index (χ1v) is 14.4. The van der Waals surface area contributed by atoms with E-state index in [4.69, 9.17) is 0 Å². The van der Waals surface area contributed by atoms with Crippen molar-refractivity contribution in [3.05, 3.63) is 119 Å². The Morgan fingerprint density at radius 1 is 0.923 bits per heavy atom. The summed E-state index contributed by atoms with van der Waals surface area (Å²) in [7, 11) is 0. The summed E-state index contributed by atoms with van der Waals surface area (Å²) in [5, 5.41) is 15.6. The Labute approximate surface area is 234 Å². The molecule has 0 aliphatic rings. The maximum absolute atomic E-state index is 12.9. The molecule has 0 aliphatic carbocycles. The summed E-state index contributed by atoms with van der Waals surface area (Å²) >= 11 is 2.86. The number of carbonyl (C=O) groups is 1. The molecule has 8 heteroatoms. The van der Waals surface area contributed by atoms with Crippen LogP contribution in [0.25, 0.3) is 27.8 Å². The first kappa shape index (κ1) is 25.0. The zero-order chi connectivity index (χ0) is 26.6. The van der Waals surface area contributed by atoms with Crippen LogP contribution in [0.4, 0.5) is 5.13 Å². The van der Waals surface area contributed by atoms with Crippen molar-refractivity contribution in [3.63, 3.8) is 0 Å². The van der Waals surface area contributed by atoms with Gasteiger partial charge in [0, 0.05) is 28.7 Å². The highest BCUT2D eigenvalue weighted by molar-refractivity contribution is 7.99. The minimum atomic E-state index is -0.133.